The highest BCUT2D eigenvalue weighted by Crippen LogP contribution is 2.28. The highest BCUT2D eigenvalue weighted by atomic mass is 32.2. The number of sulfonamides is 1. The van der Waals surface area contributed by atoms with E-state index in [4.69, 9.17) is 5.73 Å². The van der Waals surface area contributed by atoms with Crippen LogP contribution in [-0.4, -0.2) is 37.6 Å². The van der Waals surface area contributed by atoms with Crippen LogP contribution in [-0.2, 0) is 10.0 Å². The molecular weight excluding hydrogens is 381 g/mol. The predicted octanol–water partition coefficient (Wildman–Crippen LogP) is 2.02. The molecule has 138 valence electrons. The summed E-state index contributed by atoms with van der Waals surface area (Å²) in [5, 5.41) is 4.01. The van der Waals surface area contributed by atoms with Crippen LogP contribution in [0.4, 0.5) is 10.1 Å². The third-order valence-corrected chi connectivity index (χ3v) is 6.99. The molecule has 0 unspecified atom stereocenters. The van der Waals surface area contributed by atoms with Gasteiger partial charge in [0.15, 0.2) is 0 Å². The lowest BCUT2D eigenvalue weighted by molar-refractivity contribution is 0.0992. The second-order valence-corrected chi connectivity index (χ2v) is 8.56. The lowest BCUT2D eigenvalue weighted by Gasteiger charge is -2.15. The summed E-state index contributed by atoms with van der Waals surface area (Å²) in [6.07, 6.45) is 1.58. The number of halogens is 1. The number of amides is 2. The van der Waals surface area contributed by atoms with Gasteiger partial charge < -0.3 is 11.1 Å². The molecule has 1 saturated heterocycles. The topological polar surface area (TPSA) is 110 Å². The minimum absolute atomic E-state index is 0.0295. The quantitative estimate of drug-likeness (QED) is 0.804. The molecule has 1 aromatic carbocycles. The maximum Gasteiger partial charge on any atom is 0.267 e. The third-order valence-electron chi connectivity index (χ3n) is 4.01. The van der Waals surface area contributed by atoms with E-state index in [0.717, 1.165) is 36.3 Å². The first-order valence-corrected chi connectivity index (χ1v) is 10.1. The molecule has 1 aliphatic heterocycles. The normalized spacial score (nSPS) is 15.1. The summed E-state index contributed by atoms with van der Waals surface area (Å²) in [7, 11) is -3.74. The molecule has 7 nitrogen and oxygen atoms in total. The van der Waals surface area contributed by atoms with Crippen LogP contribution in [0.25, 0.3) is 0 Å². The van der Waals surface area contributed by atoms with Gasteiger partial charge >= 0.3 is 0 Å². The summed E-state index contributed by atoms with van der Waals surface area (Å²) < 4.78 is 40.3. The van der Waals surface area contributed by atoms with Crippen LogP contribution in [0.3, 0.4) is 0 Å². The standard InChI is InChI=1S/C16H16FN3O4S2/c17-12-4-3-10(9-11(12)15(18)21)19-16(22)14-13(5-8-25-14)26(23,24)20-6-1-2-7-20/h3-5,8-9H,1-2,6-7H2,(H2,18,21)(H,19,22). The molecule has 2 amide bonds. The molecule has 26 heavy (non-hydrogen) atoms. The Morgan fingerprint density at radius 1 is 1.19 bits per heavy atom. The number of nitrogens with one attached hydrogen (secondary N) is 1. The van der Waals surface area contributed by atoms with Crippen LogP contribution >= 0.6 is 11.3 Å². The fourth-order valence-corrected chi connectivity index (χ4v) is 5.53. The number of anilines is 1. The molecule has 0 spiro atoms. The molecule has 10 heteroatoms. The fourth-order valence-electron chi connectivity index (χ4n) is 2.71. The zero-order chi connectivity index (χ0) is 18.9. The third kappa shape index (κ3) is 3.48. The maximum atomic E-state index is 13.5. The SMILES string of the molecule is NC(=O)c1cc(NC(=O)c2sccc2S(=O)(=O)N2CCCC2)ccc1F. The first kappa shape index (κ1) is 18.5. The van der Waals surface area contributed by atoms with E-state index >= 15 is 0 Å². The number of rotatable bonds is 5. The summed E-state index contributed by atoms with van der Waals surface area (Å²) in [6.45, 7) is 0.859. The van der Waals surface area contributed by atoms with E-state index in [1.807, 2.05) is 0 Å². The highest BCUT2D eigenvalue weighted by Gasteiger charge is 2.31. The van der Waals surface area contributed by atoms with Gasteiger partial charge in [0.25, 0.3) is 11.8 Å². The summed E-state index contributed by atoms with van der Waals surface area (Å²) in [5.41, 5.74) is 4.87. The molecule has 3 N–H and O–H groups in total. The van der Waals surface area contributed by atoms with Gasteiger partial charge in [0, 0.05) is 18.8 Å². The van der Waals surface area contributed by atoms with E-state index in [1.165, 1.54) is 21.8 Å². The Hall–Kier alpha value is -2.30. The molecule has 0 aliphatic carbocycles. The van der Waals surface area contributed by atoms with E-state index in [0.29, 0.717) is 13.1 Å². The smallest absolute Gasteiger partial charge is 0.267 e. The van der Waals surface area contributed by atoms with Crippen molar-refractivity contribution in [2.75, 3.05) is 18.4 Å². The van der Waals surface area contributed by atoms with Gasteiger partial charge in [-0.3, -0.25) is 9.59 Å². The first-order chi connectivity index (χ1) is 12.3. The Morgan fingerprint density at radius 3 is 2.54 bits per heavy atom. The Bertz CT molecular complexity index is 966. The molecule has 0 bridgehead atoms. The Morgan fingerprint density at radius 2 is 1.88 bits per heavy atom. The lowest BCUT2D eigenvalue weighted by Crippen LogP contribution is -2.29. The van der Waals surface area contributed by atoms with Crippen molar-refractivity contribution in [3.05, 3.63) is 45.9 Å². The van der Waals surface area contributed by atoms with Crippen molar-refractivity contribution < 1.29 is 22.4 Å². The van der Waals surface area contributed by atoms with Crippen LogP contribution in [0.15, 0.2) is 34.5 Å². The van der Waals surface area contributed by atoms with Gasteiger partial charge in [-0.15, -0.1) is 11.3 Å². The molecular formula is C16H16FN3O4S2. The van der Waals surface area contributed by atoms with Gasteiger partial charge in [0.05, 0.1) is 5.56 Å². The number of hydrogen-bond acceptors (Lipinski definition) is 5. The lowest BCUT2D eigenvalue weighted by atomic mass is 10.2. The van der Waals surface area contributed by atoms with Crippen LogP contribution in [0.5, 0.6) is 0 Å². The second kappa shape index (κ2) is 7.14. The highest BCUT2D eigenvalue weighted by molar-refractivity contribution is 7.89. The fraction of sp³-hybridized carbons (Fsp3) is 0.250. The van der Waals surface area contributed by atoms with Gasteiger partial charge in [0.2, 0.25) is 10.0 Å². The number of benzene rings is 1. The van der Waals surface area contributed by atoms with Crippen molar-refractivity contribution >= 4 is 38.9 Å². The Kier molecular flexibility index (Phi) is 5.08. The summed E-state index contributed by atoms with van der Waals surface area (Å²) in [6, 6.07) is 4.78. The molecule has 0 atom stereocenters. The Balaban J connectivity index is 1.87. The van der Waals surface area contributed by atoms with E-state index in [1.54, 1.807) is 0 Å². The van der Waals surface area contributed by atoms with Crippen molar-refractivity contribution in [3.63, 3.8) is 0 Å². The van der Waals surface area contributed by atoms with Gasteiger partial charge in [-0.1, -0.05) is 0 Å². The molecule has 1 fully saturated rings. The molecule has 3 rings (SSSR count). The summed E-state index contributed by atoms with van der Waals surface area (Å²) in [5.74, 6) is -2.42. The van der Waals surface area contributed by atoms with Crippen molar-refractivity contribution in [2.45, 2.75) is 17.7 Å². The number of hydrogen-bond donors (Lipinski definition) is 2. The maximum absolute atomic E-state index is 13.5. The van der Waals surface area contributed by atoms with Crippen LogP contribution in [0.1, 0.15) is 32.9 Å². The minimum atomic E-state index is -3.74. The first-order valence-electron chi connectivity index (χ1n) is 7.79. The van der Waals surface area contributed by atoms with E-state index < -0.39 is 27.7 Å². The summed E-state index contributed by atoms with van der Waals surface area (Å²) in [4.78, 5) is 23.7. The second-order valence-electron chi connectivity index (χ2n) is 5.74. The van der Waals surface area contributed by atoms with Gasteiger partial charge in [-0.05, 0) is 42.5 Å². The predicted molar refractivity (Wildman–Crippen MR) is 95.2 cm³/mol. The van der Waals surface area contributed by atoms with Gasteiger partial charge in [0.1, 0.15) is 15.6 Å². The number of nitrogens with two attached hydrogens (primary N) is 1. The monoisotopic (exact) mass is 397 g/mol. The number of nitrogens with zero attached hydrogens (tertiary/aromatic N) is 1. The van der Waals surface area contributed by atoms with Crippen molar-refractivity contribution in [1.29, 1.82) is 0 Å². The molecule has 1 aromatic heterocycles. The Labute approximate surface area is 153 Å². The van der Waals surface area contributed by atoms with Crippen molar-refractivity contribution in [2.24, 2.45) is 5.73 Å². The average Bonchev–Trinajstić information content (AvgIpc) is 3.28. The van der Waals surface area contributed by atoms with Crippen LogP contribution < -0.4 is 11.1 Å². The zero-order valence-electron chi connectivity index (χ0n) is 13.6. The molecule has 2 heterocycles. The average molecular weight is 397 g/mol. The van der Waals surface area contributed by atoms with Crippen molar-refractivity contribution in [1.82, 2.24) is 4.31 Å². The molecule has 1 aliphatic rings. The largest absolute Gasteiger partial charge is 0.366 e. The minimum Gasteiger partial charge on any atom is -0.366 e. The van der Waals surface area contributed by atoms with E-state index in [9.17, 15) is 22.4 Å². The van der Waals surface area contributed by atoms with Gasteiger partial charge in [-0.25, -0.2) is 12.8 Å². The van der Waals surface area contributed by atoms with E-state index in [-0.39, 0.29) is 21.0 Å². The van der Waals surface area contributed by atoms with Gasteiger partial charge in [-0.2, -0.15) is 4.31 Å². The number of thiophene rings is 1. The van der Waals surface area contributed by atoms with Crippen LogP contribution in [0, 0.1) is 5.82 Å². The summed E-state index contributed by atoms with van der Waals surface area (Å²) >= 11 is 0.993. The molecule has 0 saturated carbocycles. The van der Waals surface area contributed by atoms with E-state index in [2.05, 4.69) is 5.32 Å². The zero-order valence-corrected chi connectivity index (χ0v) is 15.2. The van der Waals surface area contributed by atoms with Crippen LogP contribution in [0.2, 0.25) is 0 Å². The number of carbonyl (C=O) groups is 2. The number of carbonyl (C=O) groups excluding carboxylic acids is 2. The molecule has 2 aromatic rings. The van der Waals surface area contributed by atoms with Crippen molar-refractivity contribution in [3.8, 4) is 0 Å². The number of primary amides is 1. The molecule has 0 radical (unpaired) electrons.